The van der Waals surface area contributed by atoms with Crippen molar-refractivity contribution in [1.29, 1.82) is 0 Å². The molecule has 166 valence electrons. The van der Waals surface area contributed by atoms with Gasteiger partial charge in [0.1, 0.15) is 5.75 Å². The number of aliphatic hydroxyl groups excluding tert-OH is 1. The number of sulfonamides is 1. The lowest BCUT2D eigenvalue weighted by molar-refractivity contribution is 0.161. The van der Waals surface area contributed by atoms with E-state index < -0.39 is 16.3 Å². The number of benzene rings is 3. The predicted molar refractivity (Wildman–Crippen MR) is 127 cm³/mol. The summed E-state index contributed by atoms with van der Waals surface area (Å²) in [5, 5.41) is 11.4. The molecule has 0 saturated carbocycles. The van der Waals surface area contributed by atoms with E-state index in [2.05, 4.69) is 27.9 Å². The van der Waals surface area contributed by atoms with E-state index in [1.165, 1.54) is 0 Å². The molecule has 0 amide bonds. The SMILES string of the molecule is CS(=O)(=O)NC(O)c1[nH]c2ccccc2c1CCCOc1cccc(-c2ccccc2)c1. The standard InChI is InChI=1S/C25H26N2O4S/c1-32(29,30)27-25(28)24-22(21-13-5-6-15-23(21)26-24)14-8-16-31-20-12-7-11-19(17-20)18-9-3-2-4-10-18/h2-7,9-13,15,17,25-28H,8,14,16H2,1H3. The van der Waals surface area contributed by atoms with Crippen molar-refractivity contribution in [1.82, 2.24) is 9.71 Å². The van der Waals surface area contributed by atoms with Crippen LogP contribution in [0.3, 0.4) is 0 Å². The number of H-pyrrole nitrogens is 1. The third-order valence-electron chi connectivity index (χ3n) is 5.23. The van der Waals surface area contributed by atoms with Gasteiger partial charge in [0.2, 0.25) is 10.0 Å². The number of para-hydroxylation sites is 1. The minimum atomic E-state index is -3.56. The summed E-state index contributed by atoms with van der Waals surface area (Å²) in [6.45, 7) is 0.493. The molecule has 32 heavy (non-hydrogen) atoms. The third kappa shape index (κ3) is 5.37. The van der Waals surface area contributed by atoms with Crippen LogP contribution in [0.2, 0.25) is 0 Å². The molecule has 1 atom stereocenters. The molecule has 0 saturated heterocycles. The van der Waals surface area contributed by atoms with Crippen molar-refractivity contribution in [2.24, 2.45) is 0 Å². The number of hydrogen-bond donors (Lipinski definition) is 3. The number of aromatic nitrogens is 1. The summed E-state index contributed by atoms with van der Waals surface area (Å²) in [6.07, 6.45) is 1.02. The Balaban J connectivity index is 1.45. The molecule has 0 fully saturated rings. The Bertz CT molecular complexity index is 1300. The quantitative estimate of drug-likeness (QED) is 0.261. The molecule has 3 N–H and O–H groups in total. The molecule has 4 aromatic rings. The summed E-state index contributed by atoms with van der Waals surface area (Å²) in [4.78, 5) is 3.15. The first-order valence-corrected chi connectivity index (χ1v) is 12.3. The van der Waals surface area contributed by atoms with Crippen LogP contribution >= 0.6 is 0 Å². The van der Waals surface area contributed by atoms with Gasteiger partial charge in [-0.1, -0.05) is 60.7 Å². The van der Waals surface area contributed by atoms with E-state index in [1.807, 2.05) is 60.7 Å². The monoisotopic (exact) mass is 450 g/mol. The smallest absolute Gasteiger partial charge is 0.211 e. The van der Waals surface area contributed by atoms with Crippen LogP contribution in [-0.4, -0.2) is 31.4 Å². The van der Waals surface area contributed by atoms with Crippen molar-refractivity contribution in [3.63, 3.8) is 0 Å². The van der Waals surface area contributed by atoms with Crippen LogP contribution < -0.4 is 9.46 Å². The Morgan fingerprint density at radius 2 is 1.69 bits per heavy atom. The van der Waals surface area contributed by atoms with Gasteiger partial charge in [-0.15, -0.1) is 0 Å². The Hall–Kier alpha value is -3.13. The van der Waals surface area contributed by atoms with Crippen LogP contribution in [0.15, 0.2) is 78.9 Å². The molecule has 1 heterocycles. The topological polar surface area (TPSA) is 91.4 Å². The van der Waals surface area contributed by atoms with Gasteiger partial charge in [-0.05, 0) is 47.7 Å². The van der Waals surface area contributed by atoms with Gasteiger partial charge >= 0.3 is 0 Å². The lowest BCUT2D eigenvalue weighted by Gasteiger charge is -2.13. The Labute approximate surface area is 187 Å². The van der Waals surface area contributed by atoms with E-state index in [0.717, 1.165) is 39.6 Å². The second-order valence-electron chi connectivity index (χ2n) is 7.70. The first kappa shape index (κ1) is 22.1. The van der Waals surface area contributed by atoms with Crippen molar-refractivity contribution < 1.29 is 18.3 Å². The highest BCUT2D eigenvalue weighted by atomic mass is 32.2. The molecule has 0 spiro atoms. The van der Waals surface area contributed by atoms with Crippen molar-refractivity contribution in [2.75, 3.05) is 12.9 Å². The Kier molecular flexibility index (Phi) is 6.60. The van der Waals surface area contributed by atoms with Gasteiger partial charge < -0.3 is 14.8 Å². The van der Waals surface area contributed by atoms with Crippen molar-refractivity contribution in [2.45, 2.75) is 19.1 Å². The molecule has 0 bridgehead atoms. The van der Waals surface area contributed by atoms with Crippen LogP contribution in [0.5, 0.6) is 5.75 Å². The van der Waals surface area contributed by atoms with Gasteiger partial charge in [0.05, 0.1) is 18.6 Å². The minimum Gasteiger partial charge on any atom is -0.494 e. The molecule has 0 radical (unpaired) electrons. The second kappa shape index (κ2) is 9.56. The molecule has 0 aliphatic carbocycles. The Morgan fingerprint density at radius 3 is 2.47 bits per heavy atom. The highest BCUT2D eigenvalue weighted by Gasteiger charge is 2.20. The largest absolute Gasteiger partial charge is 0.494 e. The highest BCUT2D eigenvalue weighted by molar-refractivity contribution is 7.88. The van der Waals surface area contributed by atoms with E-state index >= 15 is 0 Å². The predicted octanol–water partition coefficient (Wildman–Crippen LogP) is 4.39. The summed E-state index contributed by atoms with van der Waals surface area (Å²) < 4.78 is 31.4. The van der Waals surface area contributed by atoms with Crippen LogP contribution in [0.25, 0.3) is 22.0 Å². The number of rotatable bonds is 9. The molecule has 4 rings (SSSR count). The van der Waals surface area contributed by atoms with Gasteiger partial charge in [0.15, 0.2) is 6.23 Å². The lowest BCUT2D eigenvalue weighted by Crippen LogP contribution is -2.28. The average molecular weight is 451 g/mol. The first-order valence-electron chi connectivity index (χ1n) is 10.4. The zero-order valence-electron chi connectivity index (χ0n) is 17.8. The van der Waals surface area contributed by atoms with Gasteiger partial charge in [-0.2, -0.15) is 4.72 Å². The number of aromatic amines is 1. The van der Waals surface area contributed by atoms with Crippen LogP contribution in [0.4, 0.5) is 0 Å². The maximum absolute atomic E-state index is 11.6. The van der Waals surface area contributed by atoms with Gasteiger partial charge in [-0.3, -0.25) is 0 Å². The van der Waals surface area contributed by atoms with Crippen LogP contribution in [0.1, 0.15) is 23.9 Å². The average Bonchev–Trinajstić information content (AvgIpc) is 3.15. The fraction of sp³-hybridized carbons (Fsp3) is 0.200. The summed E-state index contributed by atoms with van der Waals surface area (Å²) in [5.74, 6) is 0.796. The zero-order chi connectivity index (χ0) is 22.6. The second-order valence-corrected chi connectivity index (χ2v) is 9.48. The number of aliphatic hydroxyl groups is 1. The minimum absolute atomic E-state index is 0.461. The zero-order valence-corrected chi connectivity index (χ0v) is 18.6. The van der Waals surface area contributed by atoms with E-state index in [9.17, 15) is 13.5 Å². The van der Waals surface area contributed by atoms with Crippen molar-refractivity contribution in [3.05, 3.63) is 90.1 Å². The number of aryl methyl sites for hydroxylation is 1. The molecule has 6 nitrogen and oxygen atoms in total. The van der Waals surface area contributed by atoms with Gasteiger partial charge in [0.25, 0.3) is 0 Å². The first-order chi connectivity index (χ1) is 15.4. The maximum atomic E-state index is 11.6. The van der Waals surface area contributed by atoms with Crippen LogP contribution in [-0.2, 0) is 16.4 Å². The third-order valence-corrected chi connectivity index (χ3v) is 5.88. The van der Waals surface area contributed by atoms with Crippen molar-refractivity contribution >= 4 is 20.9 Å². The maximum Gasteiger partial charge on any atom is 0.211 e. The van der Waals surface area contributed by atoms with Crippen molar-refractivity contribution in [3.8, 4) is 16.9 Å². The fourth-order valence-electron chi connectivity index (χ4n) is 3.82. The molecule has 7 heteroatoms. The number of hydrogen-bond acceptors (Lipinski definition) is 4. The number of ether oxygens (including phenoxy) is 1. The molecule has 1 unspecified atom stereocenters. The molecule has 0 aliphatic rings. The Morgan fingerprint density at radius 1 is 0.969 bits per heavy atom. The highest BCUT2D eigenvalue weighted by Crippen LogP contribution is 2.28. The van der Waals surface area contributed by atoms with Gasteiger partial charge in [-0.25, -0.2) is 8.42 Å². The number of fused-ring (bicyclic) bond motifs is 1. The van der Waals surface area contributed by atoms with E-state index in [1.54, 1.807) is 0 Å². The molecule has 1 aromatic heterocycles. The van der Waals surface area contributed by atoms with E-state index in [-0.39, 0.29) is 0 Å². The molecular weight excluding hydrogens is 424 g/mol. The summed E-state index contributed by atoms with van der Waals surface area (Å²) >= 11 is 0. The van der Waals surface area contributed by atoms with Gasteiger partial charge in [0, 0.05) is 10.9 Å². The van der Waals surface area contributed by atoms with E-state index in [4.69, 9.17) is 4.74 Å². The summed E-state index contributed by atoms with van der Waals surface area (Å²) in [7, 11) is -3.56. The van der Waals surface area contributed by atoms with E-state index in [0.29, 0.717) is 25.1 Å². The van der Waals surface area contributed by atoms with Crippen LogP contribution in [0, 0.1) is 0 Å². The molecular formula is C25H26N2O4S. The molecule has 3 aromatic carbocycles. The number of nitrogens with one attached hydrogen (secondary N) is 2. The lowest BCUT2D eigenvalue weighted by atomic mass is 10.0. The molecule has 0 aliphatic heterocycles. The normalized spacial score (nSPS) is 12.7. The summed E-state index contributed by atoms with van der Waals surface area (Å²) in [6, 6.07) is 25.8. The summed E-state index contributed by atoms with van der Waals surface area (Å²) in [5.41, 5.74) is 4.42. The fourth-order valence-corrected chi connectivity index (χ4v) is 4.34.